The number of nitrogens with one attached hydrogen (secondary N) is 1. The van der Waals surface area contributed by atoms with Crippen LogP contribution in [0.25, 0.3) is 6.08 Å². The quantitative estimate of drug-likeness (QED) is 0.575. The second kappa shape index (κ2) is 8.95. The third kappa shape index (κ3) is 5.15. The number of hydrogen-bond donors (Lipinski definition) is 1. The summed E-state index contributed by atoms with van der Waals surface area (Å²) in [6.07, 6.45) is 3.73. The van der Waals surface area contributed by atoms with Crippen molar-refractivity contribution < 1.29 is 14.0 Å². The van der Waals surface area contributed by atoms with E-state index in [1.807, 2.05) is 43.3 Å². The van der Waals surface area contributed by atoms with Gasteiger partial charge in [-0.05, 0) is 48.4 Å². The highest BCUT2D eigenvalue weighted by atomic mass is 32.2. The molecule has 1 aliphatic heterocycles. The summed E-state index contributed by atoms with van der Waals surface area (Å²) < 4.78 is 13.3. The zero-order valence-corrected chi connectivity index (χ0v) is 16.6. The van der Waals surface area contributed by atoms with E-state index in [-0.39, 0.29) is 18.3 Å². The molecule has 0 spiro atoms. The number of benzene rings is 2. The molecule has 1 N–H and O–H groups in total. The van der Waals surface area contributed by atoms with Crippen molar-refractivity contribution in [3.05, 3.63) is 82.5 Å². The van der Waals surface area contributed by atoms with E-state index in [1.165, 1.54) is 40.9 Å². The molecular weight excluding hydrogens is 395 g/mol. The number of carbonyl (C=O) groups is 2. The van der Waals surface area contributed by atoms with Crippen molar-refractivity contribution in [1.82, 2.24) is 4.90 Å². The molecular formula is C21H17FN2O2S2. The minimum atomic E-state index is -0.402. The summed E-state index contributed by atoms with van der Waals surface area (Å²) in [4.78, 5) is 26.6. The first-order valence-corrected chi connectivity index (χ1v) is 9.69. The standard InChI is InChI=1S/C21H17FN2O2S2/c1-14(11-15-5-3-2-4-6-15)12-18-20(26)24(21(27)28-18)13-19(25)23-17-9-7-16(22)8-10-17/h2-12H,13H2,1H3,(H,23,25)/b14-11+,18-12-. The van der Waals surface area contributed by atoms with Crippen molar-refractivity contribution in [3.8, 4) is 0 Å². The van der Waals surface area contributed by atoms with E-state index in [9.17, 15) is 14.0 Å². The third-order valence-corrected chi connectivity index (χ3v) is 5.23. The number of thiocarbonyl (C=S) groups is 1. The molecule has 28 heavy (non-hydrogen) atoms. The molecule has 4 nitrogen and oxygen atoms in total. The molecule has 1 heterocycles. The number of hydrogen-bond acceptors (Lipinski definition) is 4. The average Bonchev–Trinajstić information content (AvgIpc) is 2.91. The molecule has 0 saturated carbocycles. The van der Waals surface area contributed by atoms with Crippen molar-refractivity contribution in [2.75, 3.05) is 11.9 Å². The Morgan fingerprint density at radius 3 is 2.54 bits per heavy atom. The lowest BCUT2D eigenvalue weighted by atomic mass is 10.1. The Morgan fingerprint density at radius 2 is 1.86 bits per heavy atom. The highest BCUT2D eigenvalue weighted by molar-refractivity contribution is 8.26. The Hall–Kier alpha value is -2.77. The highest BCUT2D eigenvalue weighted by Gasteiger charge is 2.33. The van der Waals surface area contributed by atoms with Crippen molar-refractivity contribution in [1.29, 1.82) is 0 Å². The van der Waals surface area contributed by atoms with Crippen LogP contribution in [0.3, 0.4) is 0 Å². The van der Waals surface area contributed by atoms with E-state index in [0.717, 1.165) is 11.1 Å². The van der Waals surface area contributed by atoms with Crippen LogP contribution in [0.5, 0.6) is 0 Å². The predicted molar refractivity (Wildman–Crippen MR) is 115 cm³/mol. The van der Waals surface area contributed by atoms with Crippen molar-refractivity contribution in [2.24, 2.45) is 0 Å². The number of carbonyl (C=O) groups excluding carboxylic acids is 2. The Labute approximate surface area is 172 Å². The molecule has 2 aromatic carbocycles. The van der Waals surface area contributed by atoms with Crippen LogP contribution in [0.1, 0.15) is 12.5 Å². The summed E-state index contributed by atoms with van der Waals surface area (Å²) in [5.74, 6) is -1.09. The third-order valence-electron chi connectivity index (χ3n) is 3.86. The Balaban J connectivity index is 1.66. The smallest absolute Gasteiger partial charge is 0.266 e. The van der Waals surface area contributed by atoms with Gasteiger partial charge in [-0.1, -0.05) is 60.4 Å². The second-order valence-electron chi connectivity index (χ2n) is 6.12. The van der Waals surface area contributed by atoms with Crippen LogP contribution in [0, 0.1) is 5.82 Å². The maximum Gasteiger partial charge on any atom is 0.266 e. The van der Waals surface area contributed by atoms with Gasteiger partial charge >= 0.3 is 0 Å². The molecule has 2 aromatic rings. The van der Waals surface area contributed by atoms with Gasteiger partial charge in [0.05, 0.1) is 4.91 Å². The molecule has 2 amide bonds. The van der Waals surface area contributed by atoms with Crippen LogP contribution in [0.2, 0.25) is 0 Å². The van der Waals surface area contributed by atoms with Crippen molar-refractivity contribution in [2.45, 2.75) is 6.92 Å². The van der Waals surface area contributed by atoms with Gasteiger partial charge in [-0.2, -0.15) is 0 Å². The molecule has 0 aliphatic carbocycles. The van der Waals surface area contributed by atoms with E-state index in [1.54, 1.807) is 6.08 Å². The van der Waals surface area contributed by atoms with Gasteiger partial charge in [0.1, 0.15) is 16.7 Å². The lowest BCUT2D eigenvalue weighted by Gasteiger charge is -2.14. The Morgan fingerprint density at radius 1 is 1.18 bits per heavy atom. The molecule has 1 fully saturated rings. The normalized spacial score (nSPS) is 16.0. The second-order valence-corrected chi connectivity index (χ2v) is 7.80. The molecule has 142 valence electrons. The molecule has 0 bridgehead atoms. The lowest BCUT2D eigenvalue weighted by Crippen LogP contribution is -2.36. The first-order chi connectivity index (χ1) is 13.4. The van der Waals surface area contributed by atoms with E-state index in [4.69, 9.17) is 12.2 Å². The minimum absolute atomic E-state index is 0.194. The summed E-state index contributed by atoms with van der Waals surface area (Å²) in [6, 6.07) is 15.2. The molecule has 1 aliphatic rings. The SMILES string of the molecule is CC(/C=C1\SC(=S)N(CC(=O)Nc2ccc(F)cc2)C1=O)=C\c1ccccc1. The van der Waals surface area contributed by atoms with Crippen LogP contribution >= 0.6 is 24.0 Å². The zero-order chi connectivity index (χ0) is 20.1. The first kappa shape index (κ1) is 20.0. The predicted octanol–water partition coefficient (Wildman–Crippen LogP) is 4.61. The lowest BCUT2D eigenvalue weighted by molar-refractivity contribution is -0.126. The van der Waals surface area contributed by atoms with Crippen LogP contribution in [0.15, 0.2) is 71.2 Å². The number of nitrogens with zero attached hydrogens (tertiary/aromatic N) is 1. The van der Waals surface area contributed by atoms with Gasteiger partial charge in [-0.3, -0.25) is 14.5 Å². The first-order valence-electron chi connectivity index (χ1n) is 8.46. The molecule has 1 saturated heterocycles. The zero-order valence-electron chi connectivity index (χ0n) is 15.0. The van der Waals surface area contributed by atoms with Gasteiger partial charge in [0.25, 0.3) is 5.91 Å². The molecule has 7 heteroatoms. The summed E-state index contributed by atoms with van der Waals surface area (Å²) >= 11 is 6.42. The number of allylic oxidation sites excluding steroid dienone is 2. The highest BCUT2D eigenvalue weighted by Crippen LogP contribution is 2.32. The molecule has 3 rings (SSSR count). The van der Waals surface area contributed by atoms with Gasteiger partial charge in [0.15, 0.2) is 0 Å². The molecule has 0 aromatic heterocycles. The number of thioether (sulfide) groups is 1. The fourth-order valence-corrected chi connectivity index (χ4v) is 3.88. The fraction of sp³-hybridized carbons (Fsp3) is 0.0952. The minimum Gasteiger partial charge on any atom is -0.325 e. The maximum absolute atomic E-state index is 12.9. The fourth-order valence-electron chi connectivity index (χ4n) is 2.57. The topological polar surface area (TPSA) is 49.4 Å². The largest absolute Gasteiger partial charge is 0.325 e. The van der Waals surface area contributed by atoms with Crippen molar-refractivity contribution >= 4 is 51.9 Å². The molecule has 0 unspecified atom stereocenters. The molecule has 0 atom stereocenters. The summed E-state index contributed by atoms with van der Waals surface area (Å²) in [6.45, 7) is 1.71. The number of halogens is 1. The summed E-state index contributed by atoms with van der Waals surface area (Å²) in [5, 5.41) is 2.63. The van der Waals surface area contributed by atoms with E-state index in [0.29, 0.717) is 14.9 Å². The number of rotatable bonds is 5. The van der Waals surface area contributed by atoms with Crippen LogP contribution in [-0.2, 0) is 9.59 Å². The Kier molecular flexibility index (Phi) is 6.38. The molecule has 0 radical (unpaired) electrons. The van der Waals surface area contributed by atoms with Gasteiger partial charge in [-0.25, -0.2) is 4.39 Å². The van der Waals surface area contributed by atoms with Gasteiger partial charge in [-0.15, -0.1) is 0 Å². The number of anilines is 1. The van der Waals surface area contributed by atoms with Crippen LogP contribution in [0.4, 0.5) is 10.1 Å². The van der Waals surface area contributed by atoms with Crippen molar-refractivity contribution in [3.63, 3.8) is 0 Å². The van der Waals surface area contributed by atoms with Gasteiger partial charge in [0, 0.05) is 5.69 Å². The van der Waals surface area contributed by atoms with Crippen LogP contribution in [-0.4, -0.2) is 27.6 Å². The average molecular weight is 413 g/mol. The van der Waals surface area contributed by atoms with E-state index in [2.05, 4.69) is 5.32 Å². The van der Waals surface area contributed by atoms with E-state index >= 15 is 0 Å². The maximum atomic E-state index is 12.9. The summed E-state index contributed by atoms with van der Waals surface area (Å²) in [7, 11) is 0. The van der Waals surface area contributed by atoms with Gasteiger partial charge < -0.3 is 5.32 Å². The van der Waals surface area contributed by atoms with Crippen LogP contribution < -0.4 is 5.32 Å². The number of amides is 2. The monoisotopic (exact) mass is 412 g/mol. The van der Waals surface area contributed by atoms with E-state index < -0.39 is 5.91 Å². The Bertz CT molecular complexity index is 970. The summed E-state index contributed by atoms with van der Waals surface area (Å²) in [5.41, 5.74) is 2.39. The van der Waals surface area contributed by atoms with Gasteiger partial charge in [0.2, 0.25) is 5.91 Å².